The van der Waals surface area contributed by atoms with Crippen molar-refractivity contribution in [2.45, 2.75) is 25.8 Å². The molecule has 0 spiro atoms. The SMILES string of the molecule is CCOC(=O)N1CCC(Nc2ccc(O)c(F)c2)CC1. The summed E-state index contributed by atoms with van der Waals surface area (Å²) in [5.74, 6) is -0.994. The zero-order valence-electron chi connectivity index (χ0n) is 11.4. The van der Waals surface area contributed by atoms with Crippen LogP contribution in [0.2, 0.25) is 0 Å². The van der Waals surface area contributed by atoms with Crippen LogP contribution in [0.25, 0.3) is 0 Å². The van der Waals surface area contributed by atoms with Gasteiger partial charge in [-0.15, -0.1) is 0 Å². The summed E-state index contributed by atoms with van der Waals surface area (Å²) in [4.78, 5) is 13.2. The van der Waals surface area contributed by atoms with E-state index in [-0.39, 0.29) is 17.9 Å². The fourth-order valence-electron chi connectivity index (χ4n) is 2.25. The molecule has 0 bridgehead atoms. The number of piperidine rings is 1. The third kappa shape index (κ3) is 3.53. The number of rotatable bonds is 3. The van der Waals surface area contributed by atoms with E-state index in [4.69, 9.17) is 9.84 Å². The van der Waals surface area contributed by atoms with Crippen LogP contribution in [0.1, 0.15) is 19.8 Å². The maximum Gasteiger partial charge on any atom is 0.409 e. The molecule has 0 aliphatic carbocycles. The molecule has 6 heteroatoms. The van der Waals surface area contributed by atoms with E-state index in [0.717, 1.165) is 12.8 Å². The van der Waals surface area contributed by atoms with Crippen molar-refractivity contribution >= 4 is 11.8 Å². The third-order valence-corrected chi connectivity index (χ3v) is 3.34. The van der Waals surface area contributed by atoms with E-state index in [1.165, 1.54) is 12.1 Å². The maximum absolute atomic E-state index is 13.2. The average Bonchev–Trinajstić information content (AvgIpc) is 2.44. The van der Waals surface area contributed by atoms with Gasteiger partial charge in [-0.3, -0.25) is 0 Å². The molecule has 1 amide bonds. The molecule has 1 aliphatic heterocycles. The molecular formula is C14H19FN2O3. The topological polar surface area (TPSA) is 61.8 Å². The molecule has 1 aromatic carbocycles. The fourth-order valence-corrected chi connectivity index (χ4v) is 2.25. The van der Waals surface area contributed by atoms with Crippen LogP contribution in [0, 0.1) is 5.82 Å². The summed E-state index contributed by atoms with van der Waals surface area (Å²) >= 11 is 0. The number of amides is 1. The van der Waals surface area contributed by atoms with Gasteiger partial charge in [0, 0.05) is 30.9 Å². The highest BCUT2D eigenvalue weighted by Crippen LogP contribution is 2.22. The van der Waals surface area contributed by atoms with Crippen LogP contribution in [0.15, 0.2) is 18.2 Å². The largest absolute Gasteiger partial charge is 0.505 e. The van der Waals surface area contributed by atoms with Gasteiger partial charge in [0.1, 0.15) is 0 Å². The van der Waals surface area contributed by atoms with Gasteiger partial charge < -0.3 is 20.1 Å². The number of ether oxygens (including phenoxy) is 1. The van der Waals surface area contributed by atoms with E-state index in [1.807, 2.05) is 0 Å². The molecule has 0 atom stereocenters. The highest BCUT2D eigenvalue weighted by Gasteiger charge is 2.23. The van der Waals surface area contributed by atoms with Crippen LogP contribution in [0.4, 0.5) is 14.9 Å². The first-order chi connectivity index (χ1) is 9.60. The molecule has 0 aromatic heterocycles. The van der Waals surface area contributed by atoms with Crippen molar-refractivity contribution in [1.29, 1.82) is 0 Å². The van der Waals surface area contributed by atoms with E-state index in [2.05, 4.69) is 5.32 Å². The monoisotopic (exact) mass is 282 g/mol. The van der Waals surface area contributed by atoms with Crippen molar-refractivity contribution in [3.05, 3.63) is 24.0 Å². The Kier molecular flexibility index (Phi) is 4.65. The Bertz CT molecular complexity index is 473. The number of hydrogen-bond acceptors (Lipinski definition) is 4. The lowest BCUT2D eigenvalue weighted by molar-refractivity contribution is 0.0983. The van der Waals surface area contributed by atoms with Gasteiger partial charge in [0.2, 0.25) is 0 Å². The van der Waals surface area contributed by atoms with Gasteiger partial charge in [-0.05, 0) is 31.9 Å². The molecule has 1 aromatic rings. The molecule has 1 fully saturated rings. The predicted molar refractivity (Wildman–Crippen MR) is 73.3 cm³/mol. The zero-order chi connectivity index (χ0) is 14.5. The molecule has 20 heavy (non-hydrogen) atoms. The number of hydrogen-bond donors (Lipinski definition) is 2. The van der Waals surface area contributed by atoms with Crippen LogP contribution in [-0.4, -0.2) is 41.8 Å². The van der Waals surface area contributed by atoms with Crippen LogP contribution < -0.4 is 5.32 Å². The summed E-state index contributed by atoms with van der Waals surface area (Å²) in [7, 11) is 0. The van der Waals surface area contributed by atoms with Gasteiger partial charge in [-0.1, -0.05) is 0 Å². The standard InChI is InChI=1S/C14H19FN2O3/c1-2-20-14(19)17-7-5-10(6-8-17)16-11-3-4-13(18)12(15)9-11/h3-4,9-10,16,18H,2,5-8H2,1H3. The number of anilines is 1. The number of nitrogens with zero attached hydrogens (tertiary/aromatic N) is 1. The minimum absolute atomic E-state index is 0.185. The molecule has 0 unspecified atom stereocenters. The summed E-state index contributed by atoms with van der Waals surface area (Å²) < 4.78 is 18.2. The quantitative estimate of drug-likeness (QED) is 0.836. The first-order valence-electron chi connectivity index (χ1n) is 6.77. The number of phenols is 1. The van der Waals surface area contributed by atoms with E-state index in [1.54, 1.807) is 17.9 Å². The average molecular weight is 282 g/mol. The number of halogens is 1. The van der Waals surface area contributed by atoms with Gasteiger partial charge >= 0.3 is 6.09 Å². The van der Waals surface area contributed by atoms with Crippen LogP contribution in [0.3, 0.4) is 0 Å². The highest BCUT2D eigenvalue weighted by atomic mass is 19.1. The Labute approximate surface area is 117 Å². The Hall–Kier alpha value is -1.98. The van der Waals surface area contributed by atoms with E-state index < -0.39 is 5.82 Å². The Morgan fingerprint density at radius 3 is 2.80 bits per heavy atom. The normalized spacial score (nSPS) is 16.0. The molecule has 110 valence electrons. The van der Waals surface area contributed by atoms with Crippen LogP contribution in [0.5, 0.6) is 5.75 Å². The van der Waals surface area contributed by atoms with Crippen molar-refractivity contribution in [3.63, 3.8) is 0 Å². The van der Waals surface area contributed by atoms with Crippen LogP contribution in [-0.2, 0) is 4.74 Å². The molecular weight excluding hydrogens is 263 g/mol. The number of carbonyl (C=O) groups excluding carboxylic acids is 1. The second kappa shape index (κ2) is 6.45. The van der Waals surface area contributed by atoms with Gasteiger partial charge in [0.05, 0.1) is 6.61 Å². The highest BCUT2D eigenvalue weighted by molar-refractivity contribution is 5.67. The Morgan fingerprint density at radius 1 is 1.50 bits per heavy atom. The molecule has 1 heterocycles. The molecule has 0 saturated carbocycles. The molecule has 2 N–H and O–H groups in total. The van der Waals surface area contributed by atoms with Crippen molar-refractivity contribution in [2.24, 2.45) is 0 Å². The van der Waals surface area contributed by atoms with E-state index in [9.17, 15) is 9.18 Å². The van der Waals surface area contributed by atoms with Crippen molar-refractivity contribution in [3.8, 4) is 5.75 Å². The smallest absolute Gasteiger partial charge is 0.409 e. The number of nitrogens with one attached hydrogen (secondary N) is 1. The lowest BCUT2D eigenvalue weighted by atomic mass is 10.0. The molecule has 1 aliphatic rings. The second-order valence-electron chi connectivity index (χ2n) is 4.77. The minimum atomic E-state index is -0.640. The summed E-state index contributed by atoms with van der Waals surface area (Å²) in [5, 5.41) is 12.3. The van der Waals surface area contributed by atoms with E-state index in [0.29, 0.717) is 25.4 Å². The van der Waals surface area contributed by atoms with Gasteiger partial charge in [0.25, 0.3) is 0 Å². The summed E-state index contributed by atoms with van der Waals surface area (Å²) in [5.41, 5.74) is 0.634. The number of benzene rings is 1. The Morgan fingerprint density at radius 2 is 2.20 bits per heavy atom. The fraction of sp³-hybridized carbons (Fsp3) is 0.500. The number of likely N-dealkylation sites (tertiary alicyclic amines) is 1. The van der Waals surface area contributed by atoms with Crippen molar-refractivity contribution in [1.82, 2.24) is 4.90 Å². The number of aromatic hydroxyl groups is 1. The minimum Gasteiger partial charge on any atom is -0.505 e. The lowest BCUT2D eigenvalue weighted by Gasteiger charge is -2.32. The van der Waals surface area contributed by atoms with Crippen molar-refractivity contribution in [2.75, 3.05) is 25.0 Å². The first-order valence-corrected chi connectivity index (χ1v) is 6.77. The molecule has 2 rings (SSSR count). The number of phenolic OH excluding ortho intramolecular Hbond substituents is 1. The molecule has 5 nitrogen and oxygen atoms in total. The lowest BCUT2D eigenvalue weighted by Crippen LogP contribution is -2.42. The predicted octanol–water partition coefficient (Wildman–Crippen LogP) is 2.56. The third-order valence-electron chi connectivity index (χ3n) is 3.34. The van der Waals surface area contributed by atoms with Gasteiger partial charge in [-0.2, -0.15) is 0 Å². The zero-order valence-corrected chi connectivity index (χ0v) is 11.4. The Balaban J connectivity index is 1.85. The van der Waals surface area contributed by atoms with Gasteiger partial charge in [0.15, 0.2) is 11.6 Å². The summed E-state index contributed by atoms with van der Waals surface area (Å²) in [6, 6.07) is 4.42. The first kappa shape index (κ1) is 14.4. The molecule has 0 radical (unpaired) electrons. The summed E-state index contributed by atoms with van der Waals surface area (Å²) in [6.45, 7) is 3.41. The van der Waals surface area contributed by atoms with E-state index >= 15 is 0 Å². The van der Waals surface area contributed by atoms with Gasteiger partial charge in [-0.25, -0.2) is 9.18 Å². The summed E-state index contributed by atoms with van der Waals surface area (Å²) in [6.07, 6.45) is 1.28. The van der Waals surface area contributed by atoms with Crippen LogP contribution >= 0.6 is 0 Å². The maximum atomic E-state index is 13.2. The van der Waals surface area contributed by atoms with Crippen molar-refractivity contribution < 1.29 is 19.0 Å². The number of carbonyl (C=O) groups is 1. The second-order valence-corrected chi connectivity index (χ2v) is 4.77. The molecule has 1 saturated heterocycles.